The van der Waals surface area contributed by atoms with Gasteiger partial charge in [0.2, 0.25) is 0 Å². The molecule has 0 amide bonds. The summed E-state index contributed by atoms with van der Waals surface area (Å²) in [5.41, 5.74) is 0. The van der Waals surface area contributed by atoms with Crippen LogP contribution in [0.1, 0.15) is 58.3 Å². The lowest BCUT2D eigenvalue weighted by atomic mass is 9.85. The van der Waals surface area contributed by atoms with E-state index in [1.165, 1.54) is 32.1 Å². The fraction of sp³-hybridized carbons (Fsp3) is 0.923. The van der Waals surface area contributed by atoms with E-state index in [4.69, 9.17) is 9.84 Å². The summed E-state index contributed by atoms with van der Waals surface area (Å²) in [5, 5.41) is 8.50. The number of carboxylic acid groups (broad SMARTS) is 1. The predicted molar refractivity (Wildman–Crippen MR) is 63.5 cm³/mol. The summed E-state index contributed by atoms with van der Waals surface area (Å²) in [6.45, 7) is 2.96. The molecular weight excluding hydrogens is 204 g/mol. The van der Waals surface area contributed by atoms with E-state index in [2.05, 4.69) is 6.92 Å². The van der Waals surface area contributed by atoms with Crippen LogP contribution in [0, 0.1) is 5.92 Å². The molecule has 0 aromatic carbocycles. The van der Waals surface area contributed by atoms with Crippen molar-refractivity contribution in [1.82, 2.24) is 0 Å². The Morgan fingerprint density at radius 1 is 1.31 bits per heavy atom. The van der Waals surface area contributed by atoms with E-state index in [-0.39, 0.29) is 6.42 Å². The molecule has 16 heavy (non-hydrogen) atoms. The molecule has 0 radical (unpaired) electrons. The number of hydrogen-bond donors (Lipinski definition) is 1. The van der Waals surface area contributed by atoms with Gasteiger partial charge in [-0.05, 0) is 31.6 Å². The molecule has 1 rings (SSSR count). The van der Waals surface area contributed by atoms with E-state index in [0.29, 0.717) is 6.10 Å². The van der Waals surface area contributed by atoms with Crippen LogP contribution in [0.25, 0.3) is 0 Å². The number of ether oxygens (including phenoxy) is 1. The van der Waals surface area contributed by atoms with Crippen LogP contribution in [0.3, 0.4) is 0 Å². The lowest BCUT2D eigenvalue weighted by Crippen LogP contribution is -2.27. The fourth-order valence-corrected chi connectivity index (χ4v) is 2.47. The second-order valence-corrected chi connectivity index (χ2v) is 4.71. The second-order valence-electron chi connectivity index (χ2n) is 4.71. The minimum Gasteiger partial charge on any atom is -0.481 e. The van der Waals surface area contributed by atoms with Crippen molar-refractivity contribution in [2.75, 3.05) is 6.61 Å². The van der Waals surface area contributed by atoms with Crippen LogP contribution in [0.15, 0.2) is 0 Å². The fourth-order valence-electron chi connectivity index (χ4n) is 2.47. The topological polar surface area (TPSA) is 46.5 Å². The van der Waals surface area contributed by atoms with Crippen molar-refractivity contribution in [3.63, 3.8) is 0 Å². The van der Waals surface area contributed by atoms with Gasteiger partial charge in [-0.15, -0.1) is 0 Å². The highest BCUT2D eigenvalue weighted by Crippen LogP contribution is 2.29. The Balaban J connectivity index is 2.08. The van der Waals surface area contributed by atoms with Crippen molar-refractivity contribution in [3.8, 4) is 0 Å². The van der Waals surface area contributed by atoms with E-state index in [1.807, 2.05) is 0 Å². The number of unbranched alkanes of at least 4 members (excludes halogenated alkanes) is 1. The number of hydrogen-bond acceptors (Lipinski definition) is 2. The van der Waals surface area contributed by atoms with E-state index in [9.17, 15) is 4.79 Å². The highest BCUT2D eigenvalue weighted by molar-refractivity contribution is 5.66. The molecule has 0 bridgehead atoms. The molecule has 0 heterocycles. The van der Waals surface area contributed by atoms with E-state index >= 15 is 0 Å². The highest BCUT2D eigenvalue weighted by Gasteiger charge is 2.23. The minimum atomic E-state index is -0.705. The van der Waals surface area contributed by atoms with Gasteiger partial charge >= 0.3 is 5.97 Å². The summed E-state index contributed by atoms with van der Waals surface area (Å²) in [6.07, 6.45) is 8.65. The summed E-state index contributed by atoms with van der Waals surface area (Å²) in [7, 11) is 0. The molecule has 1 N–H and O–H groups in total. The van der Waals surface area contributed by atoms with Crippen LogP contribution in [0.5, 0.6) is 0 Å². The molecule has 2 atom stereocenters. The maximum Gasteiger partial charge on any atom is 0.303 e. The number of carboxylic acids is 1. The Kier molecular flexibility index (Phi) is 6.46. The van der Waals surface area contributed by atoms with Gasteiger partial charge in [-0.25, -0.2) is 0 Å². The summed E-state index contributed by atoms with van der Waals surface area (Å²) in [6, 6.07) is 0. The standard InChI is InChI=1S/C13H24O3/c1-2-11-7-3-4-8-12(11)16-10-6-5-9-13(14)15/h11-12H,2-10H2,1H3,(H,14,15). The lowest BCUT2D eigenvalue weighted by molar-refractivity contribution is -0.137. The van der Waals surface area contributed by atoms with Crippen LogP contribution >= 0.6 is 0 Å². The molecule has 3 nitrogen and oxygen atoms in total. The summed E-state index contributed by atoms with van der Waals surface area (Å²) < 4.78 is 5.88. The largest absolute Gasteiger partial charge is 0.481 e. The van der Waals surface area contributed by atoms with Gasteiger partial charge in [0.25, 0.3) is 0 Å². The number of rotatable bonds is 7. The summed E-state index contributed by atoms with van der Waals surface area (Å²) in [5.74, 6) is 0.0253. The van der Waals surface area contributed by atoms with Crippen molar-refractivity contribution in [3.05, 3.63) is 0 Å². The van der Waals surface area contributed by atoms with Crippen LogP contribution in [-0.4, -0.2) is 23.8 Å². The Bertz CT molecular complexity index is 203. The molecule has 0 aliphatic heterocycles. The van der Waals surface area contributed by atoms with Crippen LogP contribution in [0.4, 0.5) is 0 Å². The Morgan fingerprint density at radius 2 is 2.06 bits per heavy atom. The third-order valence-electron chi connectivity index (χ3n) is 3.48. The van der Waals surface area contributed by atoms with Gasteiger partial charge in [-0.1, -0.05) is 26.2 Å². The van der Waals surface area contributed by atoms with Crippen LogP contribution in [0.2, 0.25) is 0 Å². The highest BCUT2D eigenvalue weighted by atomic mass is 16.5. The van der Waals surface area contributed by atoms with Crippen molar-refractivity contribution >= 4 is 5.97 Å². The average molecular weight is 228 g/mol. The van der Waals surface area contributed by atoms with Crippen LogP contribution in [-0.2, 0) is 9.53 Å². The van der Waals surface area contributed by atoms with Crippen molar-refractivity contribution in [1.29, 1.82) is 0 Å². The zero-order valence-corrected chi connectivity index (χ0v) is 10.3. The normalized spacial score (nSPS) is 25.6. The van der Waals surface area contributed by atoms with E-state index in [1.54, 1.807) is 0 Å². The zero-order valence-electron chi connectivity index (χ0n) is 10.3. The van der Waals surface area contributed by atoms with Crippen LogP contribution < -0.4 is 0 Å². The molecule has 1 aliphatic rings. The molecule has 0 saturated heterocycles. The average Bonchev–Trinajstić information content (AvgIpc) is 2.29. The molecule has 3 heteroatoms. The molecule has 1 saturated carbocycles. The lowest BCUT2D eigenvalue weighted by Gasteiger charge is -2.30. The van der Waals surface area contributed by atoms with Gasteiger partial charge < -0.3 is 9.84 Å². The molecule has 2 unspecified atom stereocenters. The van der Waals surface area contributed by atoms with Gasteiger partial charge in [0.05, 0.1) is 6.10 Å². The Morgan fingerprint density at radius 3 is 2.75 bits per heavy atom. The first-order chi connectivity index (χ1) is 7.74. The molecule has 0 spiro atoms. The monoisotopic (exact) mass is 228 g/mol. The first-order valence-corrected chi connectivity index (χ1v) is 6.57. The van der Waals surface area contributed by atoms with Gasteiger partial charge in [0.1, 0.15) is 0 Å². The van der Waals surface area contributed by atoms with Gasteiger partial charge in [-0.3, -0.25) is 4.79 Å². The smallest absolute Gasteiger partial charge is 0.303 e. The maximum absolute atomic E-state index is 10.3. The second kappa shape index (κ2) is 7.66. The first-order valence-electron chi connectivity index (χ1n) is 6.57. The van der Waals surface area contributed by atoms with Gasteiger partial charge in [0.15, 0.2) is 0 Å². The Labute approximate surface area is 98.2 Å². The third-order valence-corrected chi connectivity index (χ3v) is 3.48. The molecular formula is C13H24O3. The molecule has 1 fully saturated rings. The quantitative estimate of drug-likeness (QED) is 0.680. The number of aliphatic carboxylic acids is 1. The van der Waals surface area contributed by atoms with Gasteiger partial charge in [-0.2, -0.15) is 0 Å². The predicted octanol–water partition coefficient (Wildman–Crippen LogP) is 3.23. The summed E-state index contributed by atoms with van der Waals surface area (Å²) in [4.78, 5) is 10.3. The minimum absolute atomic E-state index is 0.269. The van der Waals surface area contributed by atoms with Crippen molar-refractivity contribution < 1.29 is 14.6 Å². The van der Waals surface area contributed by atoms with E-state index < -0.39 is 5.97 Å². The molecule has 94 valence electrons. The zero-order chi connectivity index (χ0) is 11.8. The van der Waals surface area contributed by atoms with E-state index in [0.717, 1.165) is 25.4 Å². The molecule has 0 aromatic rings. The first kappa shape index (κ1) is 13.5. The van der Waals surface area contributed by atoms with Crippen molar-refractivity contribution in [2.24, 2.45) is 5.92 Å². The third kappa shape index (κ3) is 4.97. The SMILES string of the molecule is CCC1CCCCC1OCCCCC(=O)O. The van der Waals surface area contributed by atoms with Gasteiger partial charge in [0, 0.05) is 13.0 Å². The Hall–Kier alpha value is -0.570. The molecule has 0 aromatic heterocycles. The van der Waals surface area contributed by atoms with Crippen molar-refractivity contribution in [2.45, 2.75) is 64.4 Å². The maximum atomic E-state index is 10.3. The molecule has 1 aliphatic carbocycles. The summed E-state index contributed by atoms with van der Waals surface area (Å²) >= 11 is 0. The number of carbonyl (C=O) groups is 1.